The maximum absolute atomic E-state index is 5.98. The Labute approximate surface area is 145 Å². The van der Waals surface area contributed by atoms with Crippen LogP contribution in [0.5, 0.6) is 23.0 Å². The zero-order valence-corrected chi connectivity index (χ0v) is 13.9. The average Bonchev–Trinajstić information content (AvgIpc) is 2.55. The molecule has 0 fully saturated rings. The van der Waals surface area contributed by atoms with Crippen LogP contribution in [0.2, 0.25) is 10.0 Å². The first kappa shape index (κ1) is 15.7. The zero-order valence-electron chi connectivity index (χ0n) is 12.4. The van der Waals surface area contributed by atoms with Crippen LogP contribution < -0.4 is 9.47 Å². The van der Waals surface area contributed by atoms with Crippen molar-refractivity contribution in [2.45, 2.75) is 6.92 Å². The van der Waals surface area contributed by atoms with Gasteiger partial charge in [0.05, 0.1) is 0 Å². The zero-order chi connectivity index (χ0) is 16.2. The average molecular weight is 345 g/mol. The number of ether oxygens (including phenoxy) is 2. The van der Waals surface area contributed by atoms with Gasteiger partial charge in [-0.25, -0.2) is 0 Å². The minimum atomic E-state index is 0.641. The number of para-hydroxylation sites is 1. The maximum Gasteiger partial charge on any atom is 0.172 e. The van der Waals surface area contributed by atoms with Crippen molar-refractivity contribution in [3.8, 4) is 23.0 Å². The molecule has 2 nitrogen and oxygen atoms in total. The summed E-state index contributed by atoms with van der Waals surface area (Å²) in [6, 6.07) is 20.2. The highest BCUT2D eigenvalue weighted by Crippen LogP contribution is 2.37. The first-order valence-corrected chi connectivity index (χ1v) is 7.84. The van der Waals surface area contributed by atoms with Gasteiger partial charge in [-0.1, -0.05) is 35.3 Å². The van der Waals surface area contributed by atoms with Crippen LogP contribution in [0.25, 0.3) is 0 Å². The molecule has 0 amide bonds. The molecule has 0 heterocycles. The SMILES string of the molecule is Cc1cccc(Oc2ccc(Cl)cc2)c1Oc1ccc(Cl)cc1. The molecule has 3 rings (SSSR count). The van der Waals surface area contributed by atoms with E-state index in [1.165, 1.54) is 0 Å². The standard InChI is InChI=1S/C19H14Cl2O2/c1-13-3-2-4-18(22-16-9-5-14(20)6-10-16)19(13)23-17-11-7-15(21)8-12-17/h2-12H,1H3. The molecule has 3 aromatic carbocycles. The third-order valence-electron chi connectivity index (χ3n) is 3.25. The second-order valence-electron chi connectivity index (χ2n) is 5.01. The molecule has 4 heteroatoms. The Morgan fingerprint density at radius 2 is 1.17 bits per heavy atom. The third kappa shape index (κ3) is 3.98. The highest BCUT2D eigenvalue weighted by atomic mass is 35.5. The van der Waals surface area contributed by atoms with E-state index in [9.17, 15) is 0 Å². The quantitative estimate of drug-likeness (QED) is 0.513. The minimum Gasteiger partial charge on any atom is -0.453 e. The fourth-order valence-corrected chi connectivity index (χ4v) is 2.34. The van der Waals surface area contributed by atoms with Gasteiger partial charge < -0.3 is 9.47 Å². The Balaban J connectivity index is 1.90. The Bertz CT molecular complexity index is 797. The van der Waals surface area contributed by atoms with E-state index in [0.29, 0.717) is 33.0 Å². The van der Waals surface area contributed by atoms with Crippen molar-refractivity contribution in [1.82, 2.24) is 0 Å². The van der Waals surface area contributed by atoms with Gasteiger partial charge in [0.1, 0.15) is 11.5 Å². The summed E-state index contributed by atoms with van der Waals surface area (Å²) < 4.78 is 11.9. The van der Waals surface area contributed by atoms with E-state index in [-0.39, 0.29) is 0 Å². The largest absolute Gasteiger partial charge is 0.453 e. The van der Waals surface area contributed by atoms with Crippen molar-refractivity contribution in [3.05, 3.63) is 82.3 Å². The summed E-state index contributed by atoms with van der Waals surface area (Å²) in [4.78, 5) is 0. The lowest BCUT2D eigenvalue weighted by Gasteiger charge is -2.14. The Morgan fingerprint density at radius 3 is 1.74 bits per heavy atom. The molecule has 0 unspecified atom stereocenters. The number of rotatable bonds is 4. The molecular formula is C19H14Cl2O2. The van der Waals surface area contributed by atoms with E-state index in [0.717, 1.165) is 5.56 Å². The lowest BCUT2D eigenvalue weighted by atomic mass is 10.2. The molecule has 0 bridgehead atoms. The molecule has 0 spiro atoms. The molecule has 0 saturated heterocycles. The van der Waals surface area contributed by atoms with Crippen molar-refractivity contribution >= 4 is 23.2 Å². The predicted octanol–water partition coefficient (Wildman–Crippen LogP) is 6.89. The molecule has 0 radical (unpaired) electrons. The fourth-order valence-electron chi connectivity index (χ4n) is 2.09. The van der Waals surface area contributed by atoms with E-state index >= 15 is 0 Å². The van der Waals surface area contributed by atoms with Crippen molar-refractivity contribution in [1.29, 1.82) is 0 Å². The van der Waals surface area contributed by atoms with Crippen LogP contribution in [0.15, 0.2) is 66.7 Å². The van der Waals surface area contributed by atoms with E-state index in [2.05, 4.69) is 0 Å². The van der Waals surface area contributed by atoms with E-state index in [1.54, 1.807) is 24.3 Å². The van der Waals surface area contributed by atoms with Crippen LogP contribution in [-0.2, 0) is 0 Å². The molecule has 23 heavy (non-hydrogen) atoms. The van der Waals surface area contributed by atoms with Gasteiger partial charge in [-0.05, 0) is 67.1 Å². The summed E-state index contributed by atoms with van der Waals surface area (Å²) in [5, 5.41) is 1.33. The van der Waals surface area contributed by atoms with Crippen molar-refractivity contribution < 1.29 is 9.47 Å². The van der Waals surface area contributed by atoms with Crippen molar-refractivity contribution in [2.75, 3.05) is 0 Å². The van der Waals surface area contributed by atoms with Gasteiger partial charge >= 0.3 is 0 Å². The molecule has 0 N–H and O–H groups in total. The summed E-state index contributed by atoms with van der Waals surface area (Å²) in [5.41, 5.74) is 0.978. The summed E-state index contributed by atoms with van der Waals surface area (Å²) in [5.74, 6) is 2.71. The topological polar surface area (TPSA) is 18.5 Å². The van der Waals surface area contributed by atoms with Gasteiger partial charge in [0.25, 0.3) is 0 Å². The first-order chi connectivity index (χ1) is 11.1. The third-order valence-corrected chi connectivity index (χ3v) is 3.75. The second-order valence-corrected chi connectivity index (χ2v) is 5.89. The number of benzene rings is 3. The summed E-state index contributed by atoms with van der Waals surface area (Å²) >= 11 is 11.8. The lowest BCUT2D eigenvalue weighted by Crippen LogP contribution is -1.93. The Hall–Kier alpha value is -2.16. The van der Waals surface area contributed by atoms with Gasteiger partial charge in [0.2, 0.25) is 0 Å². The smallest absolute Gasteiger partial charge is 0.172 e. The maximum atomic E-state index is 5.98. The van der Waals surface area contributed by atoms with Crippen LogP contribution >= 0.6 is 23.2 Å². The second kappa shape index (κ2) is 6.95. The lowest BCUT2D eigenvalue weighted by molar-refractivity contribution is 0.416. The number of aryl methyl sites for hydroxylation is 1. The van der Waals surface area contributed by atoms with E-state index in [1.807, 2.05) is 49.4 Å². The molecule has 0 aliphatic heterocycles. The summed E-state index contributed by atoms with van der Waals surface area (Å²) in [7, 11) is 0. The van der Waals surface area contributed by atoms with Crippen molar-refractivity contribution in [2.24, 2.45) is 0 Å². The molecule has 116 valence electrons. The monoisotopic (exact) mass is 344 g/mol. The van der Waals surface area contributed by atoms with Gasteiger partial charge in [0, 0.05) is 10.0 Å². The normalized spacial score (nSPS) is 10.4. The first-order valence-electron chi connectivity index (χ1n) is 7.08. The summed E-state index contributed by atoms with van der Waals surface area (Å²) in [6.45, 7) is 1.97. The van der Waals surface area contributed by atoms with E-state index < -0.39 is 0 Å². The van der Waals surface area contributed by atoms with Crippen LogP contribution in [0.3, 0.4) is 0 Å². The van der Waals surface area contributed by atoms with Crippen LogP contribution in [0, 0.1) is 6.92 Å². The molecule has 0 atom stereocenters. The van der Waals surface area contributed by atoms with Crippen LogP contribution in [0.1, 0.15) is 5.56 Å². The molecule has 3 aromatic rings. The van der Waals surface area contributed by atoms with E-state index in [4.69, 9.17) is 32.7 Å². The number of halogens is 2. The predicted molar refractivity (Wildman–Crippen MR) is 94.2 cm³/mol. The minimum absolute atomic E-state index is 0.641. The van der Waals surface area contributed by atoms with Gasteiger partial charge in [-0.15, -0.1) is 0 Å². The Kier molecular flexibility index (Phi) is 4.75. The fraction of sp³-hybridized carbons (Fsp3) is 0.0526. The van der Waals surface area contributed by atoms with Gasteiger partial charge in [-0.3, -0.25) is 0 Å². The number of hydrogen-bond donors (Lipinski definition) is 0. The summed E-state index contributed by atoms with van der Waals surface area (Å²) in [6.07, 6.45) is 0. The molecule has 0 aliphatic rings. The molecular weight excluding hydrogens is 331 g/mol. The molecule has 0 aliphatic carbocycles. The van der Waals surface area contributed by atoms with Gasteiger partial charge in [-0.2, -0.15) is 0 Å². The van der Waals surface area contributed by atoms with Gasteiger partial charge in [0.15, 0.2) is 11.5 Å². The highest BCUT2D eigenvalue weighted by molar-refractivity contribution is 6.30. The molecule has 0 saturated carbocycles. The van der Waals surface area contributed by atoms with Crippen LogP contribution in [0.4, 0.5) is 0 Å². The number of hydrogen-bond acceptors (Lipinski definition) is 2. The highest BCUT2D eigenvalue weighted by Gasteiger charge is 2.11. The Morgan fingerprint density at radius 1 is 0.652 bits per heavy atom. The van der Waals surface area contributed by atoms with Crippen LogP contribution in [-0.4, -0.2) is 0 Å². The molecule has 0 aromatic heterocycles. The van der Waals surface area contributed by atoms with Crippen molar-refractivity contribution in [3.63, 3.8) is 0 Å².